The van der Waals surface area contributed by atoms with Gasteiger partial charge in [-0.15, -0.1) is 0 Å². The highest BCUT2D eigenvalue weighted by Gasteiger charge is 2.49. The Morgan fingerprint density at radius 2 is 1.75 bits per heavy atom. The predicted molar refractivity (Wildman–Crippen MR) is 68.8 cm³/mol. The van der Waals surface area contributed by atoms with Crippen LogP contribution in [-0.4, -0.2) is 25.6 Å². The molecule has 4 atom stereocenters. The van der Waals surface area contributed by atoms with Crippen LogP contribution in [0.1, 0.15) is 27.2 Å². The van der Waals surface area contributed by atoms with Crippen molar-refractivity contribution < 1.29 is 9.53 Å². The lowest BCUT2D eigenvalue weighted by molar-refractivity contribution is 0.0213. The quantitative estimate of drug-likeness (QED) is 0.594. The van der Waals surface area contributed by atoms with E-state index < -0.39 is 8.32 Å². The SMILES string of the molecule is CC(C)(C)[Si](C)(C)OC1C2C=CC(C2)C1O. The van der Waals surface area contributed by atoms with Crippen molar-refractivity contribution >= 4 is 8.32 Å². The van der Waals surface area contributed by atoms with Gasteiger partial charge in [0.2, 0.25) is 0 Å². The van der Waals surface area contributed by atoms with E-state index in [9.17, 15) is 5.11 Å². The van der Waals surface area contributed by atoms with Gasteiger partial charge in [-0.2, -0.15) is 0 Å². The summed E-state index contributed by atoms with van der Waals surface area (Å²) in [5, 5.41) is 10.4. The number of aliphatic hydroxyl groups excluding tert-OH is 1. The Morgan fingerprint density at radius 1 is 1.19 bits per heavy atom. The molecule has 1 N–H and O–H groups in total. The maximum atomic E-state index is 10.2. The van der Waals surface area contributed by atoms with Gasteiger partial charge in [0.15, 0.2) is 8.32 Å². The topological polar surface area (TPSA) is 29.5 Å². The van der Waals surface area contributed by atoms with Crippen molar-refractivity contribution in [1.29, 1.82) is 0 Å². The molecule has 2 aliphatic carbocycles. The summed E-state index contributed by atoms with van der Waals surface area (Å²) < 4.78 is 6.35. The maximum Gasteiger partial charge on any atom is 0.192 e. The van der Waals surface area contributed by atoms with Crippen molar-refractivity contribution in [1.82, 2.24) is 0 Å². The van der Waals surface area contributed by atoms with Crippen molar-refractivity contribution in [2.75, 3.05) is 0 Å². The fourth-order valence-corrected chi connectivity index (χ4v) is 3.77. The third kappa shape index (κ3) is 1.89. The fourth-order valence-electron chi connectivity index (χ4n) is 2.42. The Kier molecular flexibility index (Phi) is 2.84. The number of fused-ring (bicyclic) bond motifs is 2. The molecule has 92 valence electrons. The highest BCUT2D eigenvalue weighted by Crippen LogP contribution is 2.45. The van der Waals surface area contributed by atoms with Crippen LogP contribution >= 0.6 is 0 Å². The van der Waals surface area contributed by atoms with E-state index in [-0.39, 0.29) is 17.2 Å². The van der Waals surface area contributed by atoms with Gasteiger partial charge in [-0.1, -0.05) is 32.9 Å². The van der Waals surface area contributed by atoms with E-state index in [0.29, 0.717) is 11.8 Å². The van der Waals surface area contributed by atoms with Crippen molar-refractivity contribution in [2.24, 2.45) is 11.8 Å². The molecular weight excluding hydrogens is 216 g/mol. The molecule has 0 aromatic heterocycles. The summed E-state index contributed by atoms with van der Waals surface area (Å²) in [6, 6.07) is 0. The first kappa shape index (κ1) is 12.3. The average molecular weight is 240 g/mol. The summed E-state index contributed by atoms with van der Waals surface area (Å²) >= 11 is 0. The standard InChI is InChI=1S/C13H24O2Si/c1-13(2,3)16(4,5)15-12-10-7-6-9(8-10)11(12)14/h6-7,9-12,14H,8H2,1-5H3. The lowest BCUT2D eigenvalue weighted by Crippen LogP contribution is -2.48. The van der Waals surface area contributed by atoms with Gasteiger partial charge in [-0.3, -0.25) is 0 Å². The highest BCUT2D eigenvalue weighted by atomic mass is 28.4. The lowest BCUT2D eigenvalue weighted by Gasteiger charge is -2.41. The zero-order valence-corrected chi connectivity index (χ0v) is 12.0. The van der Waals surface area contributed by atoms with Gasteiger partial charge in [-0.25, -0.2) is 0 Å². The first-order chi connectivity index (χ1) is 7.22. The summed E-state index contributed by atoms with van der Waals surface area (Å²) in [4.78, 5) is 0. The molecule has 0 heterocycles. The summed E-state index contributed by atoms with van der Waals surface area (Å²) in [7, 11) is -1.74. The minimum atomic E-state index is -1.74. The van der Waals surface area contributed by atoms with E-state index >= 15 is 0 Å². The molecule has 0 spiro atoms. The van der Waals surface area contributed by atoms with Gasteiger partial charge in [-0.05, 0) is 24.6 Å². The predicted octanol–water partition coefficient (Wildman–Crippen LogP) is 2.94. The highest BCUT2D eigenvalue weighted by molar-refractivity contribution is 6.74. The van der Waals surface area contributed by atoms with Gasteiger partial charge in [0.05, 0.1) is 12.2 Å². The van der Waals surface area contributed by atoms with Crippen LogP contribution < -0.4 is 0 Å². The Balaban J connectivity index is 2.09. The largest absolute Gasteiger partial charge is 0.411 e. The molecule has 2 rings (SSSR count). The van der Waals surface area contributed by atoms with Crippen LogP contribution in [0.25, 0.3) is 0 Å². The number of hydrogen-bond acceptors (Lipinski definition) is 2. The van der Waals surface area contributed by atoms with Gasteiger partial charge >= 0.3 is 0 Å². The molecule has 1 fully saturated rings. The lowest BCUT2D eigenvalue weighted by atomic mass is 10.0. The molecule has 0 amide bonds. The molecule has 2 aliphatic rings. The van der Waals surface area contributed by atoms with Crippen molar-refractivity contribution in [3.8, 4) is 0 Å². The maximum absolute atomic E-state index is 10.2. The number of rotatable bonds is 2. The molecular formula is C13H24O2Si. The van der Waals surface area contributed by atoms with Crippen molar-refractivity contribution in [3.05, 3.63) is 12.2 Å². The summed E-state index contributed by atoms with van der Waals surface area (Å²) in [5.74, 6) is 0.800. The molecule has 0 aliphatic heterocycles. The second-order valence-electron chi connectivity index (χ2n) is 6.78. The van der Waals surface area contributed by atoms with E-state index in [1.807, 2.05) is 0 Å². The van der Waals surface area contributed by atoms with Gasteiger partial charge in [0, 0.05) is 11.8 Å². The van der Waals surface area contributed by atoms with Crippen LogP contribution in [0.2, 0.25) is 18.1 Å². The molecule has 0 aromatic carbocycles. The van der Waals surface area contributed by atoms with Crippen LogP contribution in [0.3, 0.4) is 0 Å². The number of hydrogen-bond donors (Lipinski definition) is 1. The molecule has 16 heavy (non-hydrogen) atoms. The first-order valence-corrected chi connectivity index (χ1v) is 9.17. The summed E-state index contributed by atoms with van der Waals surface area (Å²) in [6.07, 6.45) is 5.25. The van der Waals surface area contributed by atoms with E-state index in [1.165, 1.54) is 0 Å². The van der Waals surface area contributed by atoms with Gasteiger partial charge in [0.1, 0.15) is 0 Å². The molecule has 1 saturated carbocycles. The Bertz CT molecular complexity index is 304. The van der Waals surface area contributed by atoms with E-state index in [1.54, 1.807) is 0 Å². The zero-order valence-electron chi connectivity index (χ0n) is 11.0. The van der Waals surface area contributed by atoms with Crippen LogP contribution in [-0.2, 0) is 4.43 Å². The molecule has 0 aromatic rings. The van der Waals surface area contributed by atoms with Crippen LogP contribution in [0.15, 0.2) is 12.2 Å². The van der Waals surface area contributed by atoms with Crippen molar-refractivity contribution in [3.63, 3.8) is 0 Å². The van der Waals surface area contributed by atoms with E-state index in [2.05, 4.69) is 46.0 Å². The van der Waals surface area contributed by atoms with Crippen molar-refractivity contribution in [2.45, 2.75) is 57.5 Å². The Labute approximate surface area is 99.8 Å². The van der Waals surface area contributed by atoms with E-state index in [4.69, 9.17) is 4.43 Å². The van der Waals surface area contributed by atoms with E-state index in [0.717, 1.165) is 6.42 Å². The Morgan fingerprint density at radius 3 is 2.19 bits per heavy atom. The fraction of sp³-hybridized carbons (Fsp3) is 0.846. The van der Waals surface area contributed by atoms with Gasteiger partial charge < -0.3 is 9.53 Å². The zero-order chi connectivity index (χ0) is 12.1. The molecule has 0 radical (unpaired) electrons. The summed E-state index contributed by atoms with van der Waals surface area (Å²) in [6.45, 7) is 11.3. The third-order valence-corrected chi connectivity index (χ3v) is 9.06. The molecule has 2 nitrogen and oxygen atoms in total. The normalized spacial score (nSPS) is 38.4. The molecule has 0 saturated heterocycles. The first-order valence-electron chi connectivity index (χ1n) is 6.26. The monoisotopic (exact) mass is 240 g/mol. The minimum absolute atomic E-state index is 0.0518. The van der Waals surface area contributed by atoms with Crippen LogP contribution in [0.4, 0.5) is 0 Å². The second kappa shape index (κ2) is 3.69. The number of aliphatic hydroxyl groups is 1. The third-order valence-electron chi connectivity index (χ3n) is 4.58. The minimum Gasteiger partial charge on any atom is -0.411 e. The molecule has 4 unspecified atom stereocenters. The average Bonchev–Trinajstić information content (AvgIpc) is 2.67. The second-order valence-corrected chi connectivity index (χ2v) is 11.5. The Hall–Kier alpha value is -0.123. The smallest absolute Gasteiger partial charge is 0.192 e. The van der Waals surface area contributed by atoms with Gasteiger partial charge in [0.25, 0.3) is 0 Å². The van der Waals surface area contributed by atoms with Crippen LogP contribution in [0, 0.1) is 11.8 Å². The molecule has 2 bridgehead atoms. The molecule has 3 heteroatoms. The van der Waals surface area contributed by atoms with Crippen LogP contribution in [0.5, 0.6) is 0 Å². The summed E-state index contributed by atoms with van der Waals surface area (Å²) in [5.41, 5.74) is 0.